The largest absolute Gasteiger partial charge is 0.419 e. The lowest BCUT2D eigenvalue weighted by Gasteiger charge is -2.14. The number of carbonyl (C=O) groups excluding carboxylic acids is 1. The average Bonchev–Trinajstić information content (AvgIpc) is 2.13. The van der Waals surface area contributed by atoms with Gasteiger partial charge in [0, 0.05) is 5.56 Å². The van der Waals surface area contributed by atoms with E-state index in [9.17, 15) is 35.5 Å². The molecule has 8 heteroatoms. The number of benzene rings is 1. The molecule has 0 fully saturated rings. The van der Waals surface area contributed by atoms with Crippen molar-refractivity contribution in [3.63, 3.8) is 0 Å². The molecule has 0 atom stereocenters. The molecule has 0 unspecified atom stereocenters. The smallest absolute Gasteiger partial charge is 0.295 e. The zero-order valence-electron chi connectivity index (χ0n) is 8.71. The summed E-state index contributed by atoms with van der Waals surface area (Å²) >= 11 is 0. The normalized spacial score (nSPS) is 12.7. The second-order valence-corrected chi connectivity index (χ2v) is 3.44. The lowest BCUT2D eigenvalue weighted by Crippen LogP contribution is -2.17. The first kappa shape index (κ1) is 14.5. The van der Waals surface area contributed by atoms with Crippen LogP contribution in [-0.2, 0) is 12.4 Å². The lowest BCUT2D eigenvalue weighted by molar-refractivity contribution is -0.147. The van der Waals surface area contributed by atoms with Crippen LogP contribution in [0, 0.1) is 5.82 Å². The molecule has 0 saturated heterocycles. The predicted octanol–water partition coefficient (Wildman–Crippen LogP) is 4.07. The van der Waals surface area contributed by atoms with Gasteiger partial charge in [0.15, 0.2) is 5.78 Å². The Morgan fingerprint density at radius 2 is 1.28 bits per heavy atom. The van der Waals surface area contributed by atoms with Crippen molar-refractivity contribution in [1.82, 2.24) is 0 Å². The van der Waals surface area contributed by atoms with Crippen LogP contribution in [0.25, 0.3) is 0 Å². The molecule has 0 radical (unpaired) electrons. The number of ketones is 1. The molecule has 0 aliphatic heterocycles. The summed E-state index contributed by atoms with van der Waals surface area (Å²) in [7, 11) is 0. The highest BCUT2D eigenvalue weighted by molar-refractivity contribution is 5.94. The first-order chi connectivity index (χ1) is 7.94. The Bertz CT molecular complexity index is 449. The number of rotatable bonds is 1. The van der Waals surface area contributed by atoms with E-state index in [4.69, 9.17) is 0 Å². The molecule has 18 heavy (non-hydrogen) atoms. The molecule has 0 saturated carbocycles. The van der Waals surface area contributed by atoms with Crippen LogP contribution in [0.15, 0.2) is 12.1 Å². The fraction of sp³-hybridized carbons (Fsp3) is 0.300. The van der Waals surface area contributed by atoms with Gasteiger partial charge in [-0.05, 0) is 19.1 Å². The van der Waals surface area contributed by atoms with E-state index in [1.54, 1.807) is 0 Å². The molecule has 1 aromatic rings. The number of Topliss-reactive ketones (excluding diaryl/α,β-unsaturated/α-hetero) is 1. The summed E-state index contributed by atoms with van der Waals surface area (Å²) in [4.78, 5) is 10.9. The minimum atomic E-state index is -5.31. The molecule has 0 aromatic heterocycles. The van der Waals surface area contributed by atoms with Gasteiger partial charge >= 0.3 is 12.4 Å². The summed E-state index contributed by atoms with van der Waals surface area (Å²) in [5.41, 5.74) is -5.07. The molecule has 0 heterocycles. The summed E-state index contributed by atoms with van der Waals surface area (Å²) in [5.74, 6) is -3.45. The third-order valence-corrected chi connectivity index (χ3v) is 2.09. The average molecular weight is 274 g/mol. The summed E-state index contributed by atoms with van der Waals surface area (Å²) in [5, 5.41) is 0. The van der Waals surface area contributed by atoms with E-state index >= 15 is 0 Å². The highest BCUT2D eigenvalue weighted by atomic mass is 19.4. The molecule has 100 valence electrons. The van der Waals surface area contributed by atoms with Gasteiger partial charge in [0.25, 0.3) is 0 Å². The Hall–Kier alpha value is -1.60. The Morgan fingerprint density at radius 1 is 0.944 bits per heavy atom. The highest BCUT2D eigenvalue weighted by Crippen LogP contribution is 2.39. The van der Waals surface area contributed by atoms with Crippen LogP contribution in [0.1, 0.15) is 28.4 Å². The maximum atomic E-state index is 13.2. The summed E-state index contributed by atoms with van der Waals surface area (Å²) in [6, 6.07) is 0.125. The van der Waals surface area contributed by atoms with Crippen LogP contribution < -0.4 is 0 Å². The van der Waals surface area contributed by atoms with E-state index in [2.05, 4.69) is 0 Å². The van der Waals surface area contributed by atoms with Gasteiger partial charge in [-0.3, -0.25) is 4.79 Å². The molecule has 0 bridgehead atoms. The van der Waals surface area contributed by atoms with Gasteiger partial charge < -0.3 is 0 Å². The van der Waals surface area contributed by atoms with Gasteiger partial charge in [0.2, 0.25) is 0 Å². The van der Waals surface area contributed by atoms with Crippen molar-refractivity contribution in [2.45, 2.75) is 19.3 Å². The van der Waals surface area contributed by atoms with E-state index in [0.717, 1.165) is 6.92 Å². The van der Waals surface area contributed by atoms with Crippen LogP contribution in [0.4, 0.5) is 30.7 Å². The minimum Gasteiger partial charge on any atom is -0.295 e. The second kappa shape index (κ2) is 4.25. The molecule has 0 aliphatic carbocycles. The van der Waals surface area contributed by atoms with Crippen molar-refractivity contribution in [3.8, 4) is 0 Å². The molecule has 1 rings (SSSR count). The molecule has 0 N–H and O–H groups in total. The van der Waals surface area contributed by atoms with Crippen LogP contribution >= 0.6 is 0 Å². The van der Waals surface area contributed by atoms with Gasteiger partial charge in [-0.15, -0.1) is 0 Å². The van der Waals surface area contributed by atoms with Crippen LogP contribution in [0.2, 0.25) is 0 Å². The molecule has 0 spiro atoms. The van der Waals surface area contributed by atoms with E-state index in [-0.39, 0.29) is 12.1 Å². The summed E-state index contributed by atoms with van der Waals surface area (Å²) in [6.07, 6.45) is -10.6. The van der Waals surface area contributed by atoms with Crippen molar-refractivity contribution < 1.29 is 35.5 Å². The maximum Gasteiger partial charge on any atom is 0.419 e. The summed E-state index contributed by atoms with van der Waals surface area (Å²) < 4.78 is 87.2. The molecular weight excluding hydrogens is 269 g/mol. The van der Waals surface area contributed by atoms with Crippen molar-refractivity contribution in [2.24, 2.45) is 0 Å². The third kappa shape index (κ3) is 2.80. The van der Waals surface area contributed by atoms with Gasteiger partial charge in [-0.1, -0.05) is 0 Å². The van der Waals surface area contributed by atoms with Crippen molar-refractivity contribution >= 4 is 5.78 Å². The number of carbonyl (C=O) groups is 1. The van der Waals surface area contributed by atoms with Gasteiger partial charge in [-0.2, -0.15) is 26.3 Å². The van der Waals surface area contributed by atoms with Crippen molar-refractivity contribution in [1.29, 1.82) is 0 Å². The third-order valence-electron chi connectivity index (χ3n) is 2.09. The van der Waals surface area contributed by atoms with E-state index in [0.29, 0.717) is 0 Å². The molecule has 1 nitrogen and oxygen atoms in total. The van der Waals surface area contributed by atoms with Crippen LogP contribution in [-0.4, -0.2) is 5.78 Å². The SMILES string of the molecule is CC(=O)c1cc(C(F)(F)F)c(F)c(C(F)(F)F)c1. The Balaban J connectivity index is 3.64. The first-order valence-electron chi connectivity index (χ1n) is 4.43. The Kier molecular flexibility index (Phi) is 3.42. The number of hydrogen-bond acceptors (Lipinski definition) is 1. The number of hydrogen-bond donors (Lipinski definition) is 0. The lowest BCUT2D eigenvalue weighted by atomic mass is 10.0. The molecular formula is C10H5F7O. The Labute approximate surface area is 96.2 Å². The quantitative estimate of drug-likeness (QED) is 0.557. The topological polar surface area (TPSA) is 17.1 Å². The highest BCUT2D eigenvalue weighted by Gasteiger charge is 2.42. The van der Waals surface area contributed by atoms with E-state index < -0.39 is 40.6 Å². The predicted molar refractivity (Wildman–Crippen MR) is 46.4 cm³/mol. The zero-order chi connectivity index (χ0) is 14.3. The van der Waals surface area contributed by atoms with Gasteiger partial charge in [0.05, 0.1) is 11.1 Å². The standard InChI is InChI=1S/C10H5F7O/c1-4(18)5-2-6(9(12,13)14)8(11)7(3-5)10(15,16)17/h2-3H,1H3. The number of alkyl halides is 6. The molecule has 1 aromatic carbocycles. The van der Waals surface area contributed by atoms with Crippen LogP contribution in [0.5, 0.6) is 0 Å². The van der Waals surface area contributed by atoms with Gasteiger partial charge in [0.1, 0.15) is 5.82 Å². The number of halogens is 7. The molecule has 0 amide bonds. The monoisotopic (exact) mass is 274 g/mol. The van der Waals surface area contributed by atoms with Crippen molar-refractivity contribution in [2.75, 3.05) is 0 Å². The van der Waals surface area contributed by atoms with Crippen LogP contribution in [0.3, 0.4) is 0 Å². The fourth-order valence-corrected chi connectivity index (χ4v) is 1.24. The molecule has 0 aliphatic rings. The van der Waals surface area contributed by atoms with E-state index in [1.807, 2.05) is 0 Å². The summed E-state index contributed by atoms with van der Waals surface area (Å²) in [6.45, 7) is 0.785. The van der Waals surface area contributed by atoms with Gasteiger partial charge in [-0.25, -0.2) is 4.39 Å². The zero-order valence-corrected chi connectivity index (χ0v) is 8.71. The maximum absolute atomic E-state index is 13.2. The van der Waals surface area contributed by atoms with E-state index in [1.165, 1.54) is 0 Å². The minimum absolute atomic E-state index is 0.0624. The Morgan fingerprint density at radius 3 is 1.50 bits per heavy atom. The fourth-order valence-electron chi connectivity index (χ4n) is 1.24. The first-order valence-corrected chi connectivity index (χ1v) is 4.43. The second-order valence-electron chi connectivity index (χ2n) is 3.44. The van der Waals surface area contributed by atoms with Crippen molar-refractivity contribution in [3.05, 3.63) is 34.6 Å².